The summed E-state index contributed by atoms with van der Waals surface area (Å²) in [6.07, 6.45) is 1.57. The second kappa shape index (κ2) is 10.2. The molecule has 38 heavy (non-hydrogen) atoms. The van der Waals surface area contributed by atoms with Crippen LogP contribution >= 0.6 is 22.7 Å². The Morgan fingerprint density at radius 2 is 2.11 bits per heavy atom. The number of ether oxygens (including phenoxy) is 2. The van der Waals surface area contributed by atoms with Gasteiger partial charge in [-0.2, -0.15) is 0 Å². The summed E-state index contributed by atoms with van der Waals surface area (Å²) in [5.74, 6) is 0.448. The van der Waals surface area contributed by atoms with E-state index in [-0.39, 0.29) is 29.2 Å². The first kappa shape index (κ1) is 25.4. The fourth-order valence-corrected chi connectivity index (χ4v) is 6.06. The minimum atomic E-state index is -0.665. The Morgan fingerprint density at radius 3 is 2.79 bits per heavy atom. The normalized spacial score (nSPS) is 15.2. The van der Waals surface area contributed by atoms with Crippen molar-refractivity contribution in [3.05, 3.63) is 99.6 Å². The largest absolute Gasteiger partial charge is 0.497 e. The third-order valence-corrected chi connectivity index (χ3v) is 7.80. The zero-order chi connectivity index (χ0) is 27.0. The van der Waals surface area contributed by atoms with Crippen molar-refractivity contribution < 1.29 is 23.6 Å². The van der Waals surface area contributed by atoms with Crippen molar-refractivity contribution in [3.8, 4) is 17.1 Å². The lowest BCUT2D eigenvalue weighted by molar-refractivity contribution is -0.384. The van der Waals surface area contributed by atoms with Crippen LogP contribution in [0.2, 0.25) is 0 Å². The molecule has 0 N–H and O–H groups in total. The number of allylic oxidation sites excluding steroid dienone is 1. The molecule has 0 amide bonds. The van der Waals surface area contributed by atoms with Gasteiger partial charge >= 0.3 is 5.97 Å². The van der Waals surface area contributed by atoms with Crippen molar-refractivity contribution in [1.82, 2.24) is 4.57 Å². The van der Waals surface area contributed by atoms with E-state index in [2.05, 4.69) is 4.99 Å². The molecule has 4 heterocycles. The van der Waals surface area contributed by atoms with Gasteiger partial charge in [0, 0.05) is 11.0 Å². The molecule has 0 radical (unpaired) electrons. The van der Waals surface area contributed by atoms with Crippen LogP contribution in [0.1, 0.15) is 30.5 Å². The minimum Gasteiger partial charge on any atom is -0.497 e. The number of nitro benzene ring substituents is 1. The lowest BCUT2D eigenvalue weighted by Crippen LogP contribution is -2.39. The molecule has 10 nitrogen and oxygen atoms in total. The van der Waals surface area contributed by atoms with Gasteiger partial charge in [-0.3, -0.25) is 19.5 Å². The molecule has 4 aromatic rings. The predicted molar refractivity (Wildman–Crippen MR) is 142 cm³/mol. The van der Waals surface area contributed by atoms with Gasteiger partial charge in [0.25, 0.3) is 11.2 Å². The maximum Gasteiger partial charge on any atom is 0.338 e. The van der Waals surface area contributed by atoms with Gasteiger partial charge < -0.3 is 13.9 Å². The zero-order valence-electron chi connectivity index (χ0n) is 20.5. The van der Waals surface area contributed by atoms with Crippen LogP contribution in [0, 0.1) is 10.1 Å². The Kier molecular flexibility index (Phi) is 6.83. The molecule has 0 spiro atoms. The van der Waals surface area contributed by atoms with E-state index in [0.717, 1.165) is 4.88 Å². The molecule has 194 valence electrons. The molecule has 0 unspecified atom stereocenters. The average molecular weight is 552 g/mol. The second-order valence-electron chi connectivity index (χ2n) is 8.16. The summed E-state index contributed by atoms with van der Waals surface area (Å²) in [5.41, 5.74) is 0.587. The van der Waals surface area contributed by atoms with Crippen LogP contribution in [0.5, 0.6) is 5.75 Å². The van der Waals surface area contributed by atoms with Crippen LogP contribution in [0.3, 0.4) is 0 Å². The van der Waals surface area contributed by atoms with Crippen molar-refractivity contribution >= 4 is 40.4 Å². The summed E-state index contributed by atoms with van der Waals surface area (Å²) in [6.45, 7) is 3.65. The molecule has 1 aliphatic heterocycles. The Morgan fingerprint density at radius 1 is 1.29 bits per heavy atom. The van der Waals surface area contributed by atoms with Crippen LogP contribution in [0.4, 0.5) is 5.69 Å². The smallest absolute Gasteiger partial charge is 0.338 e. The first-order chi connectivity index (χ1) is 18.3. The molecule has 3 aromatic heterocycles. The summed E-state index contributed by atoms with van der Waals surface area (Å²) in [6, 6.07) is 10.8. The van der Waals surface area contributed by atoms with Crippen molar-refractivity contribution in [1.29, 1.82) is 0 Å². The number of furan rings is 1. The maximum absolute atomic E-state index is 13.6. The Bertz CT molecular complexity index is 1760. The quantitative estimate of drug-likeness (QED) is 0.193. The molecule has 0 saturated carbocycles. The van der Waals surface area contributed by atoms with Crippen LogP contribution in [0.15, 0.2) is 73.3 Å². The van der Waals surface area contributed by atoms with E-state index >= 15 is 0 Å². The molecule has 0 bridgehead atoms. The Labute approximate surface area is 223 Å². The summed E-state index contributed by atoms with van der Waals surface area (Å²) in [7, 11) is 1.43. The van der Waals surface area contributed by atoms with E-state index in [1.807, 2.05) is 17.5 Å². The SMILES string of the molecule is CCOC(=O)C1=C(C)N=c2s/c(=C\c3ccc(-c4ccc(OC)cc4[N+](=O)[O-])o3)c(=O)n2[C@@H]1c1cccs1. The van der Waals surface area contributed by atoms with Gasteiger partial charge in [0.1, 0.15) is 23.3 Å². The van der Waals surface area contributed by atoms with Crippen LogP contribution in [-0.2, 0) is 9.53 Å². The lowest BCUT2D eigenvalue weighted by atomic mass is 10.0. The molecule has 1 atom stereocenters. The molecular formula is C26H21N3O7S2. The molecule has 12 heteroatoms. The van der Waals surface area contributed by atoms with Crippen LogP contribution in [-0.4, -0.2) is 29.2 Å². The van der Waals surface area contributed by atoms with Crippen LogP contribution < -0.4 is 19.6 Å². The van der Waals surface area contributed by atoms with Crippen molar-refractivity contribution in [2.24, 2.45) is 4.99 Å². The number of thiophene rings is 1. The average Bonchev–Trinajstić information content (AvgIpc) is 3.65. The fourth-order valence-electron chi connectivity index (χ4n) is 4.21. The van der Waals surface area contributed by atoms with Crippen molar-refractivity contribution in [2.75, 3.05) is 13.7 Å². The highest BCUT2D eigenvalue weighted by Gasteiger charge is 2.34. The number of hydrogen-bond donors (Lipinski definition) is 0. The topological polar surface area (TPSA) is 126 Å². The number of rotatable bonds is 7. The van der Waals surface area contributed by atoms with Gasteiger partial charge in [-0.15, -0.1) is 11.3 Å². The van der Waals surface area contributed by atoms with Gasteiger partial charge in [-0.05, 0) is 49.6 Å². The number of benzene rings is 1. The molecule has 0 saturated heterocycles. The lowest BCUT2D eigenvalue weighted by Gasteiger charge is -2.23. The zero-order valence-corrected chi connectivity index (χ0v) is 22.1. The first-order valence-electron chi connectivity index (χ1n) is 11.5. The number of hydrogen-bond acceptors (Lipinski definition) is 10. The Hall–Kier alpha value is -4.29. The van der Waals surface area contributed by atoms with E-state index in [0.29, 0.717) is 32.1 Å². The molecule has 5 rings (SSSR count). The summed E-state index contributed by atoms with van der Waals surface area (Å²) < 4.78 is 18.1. The number of thiazole rings is 1. The van der Waals surface area contributed by atoms with Gasteiger partial charge in [0.15, 0.2) is 4.80 Å². The van der Waals surface area contributed by atoms with E-state index in [1.165, 1.54) is 40.4 Å². The maximum atomic E-state index is 13.6. The standard InChI is InChI=1S/C26H21N3O7S2/c1-4-35-25(31)22-14(2)27-26-28(23(22)20-6-5-11-37-20)24(30)21(38-26)13-16-8-10-19(36-16)17-9-7-15(34-3)12-18(17)29(32)33/h5-13,23H,4H2,1-3H3/b21-13-/t23-/m1/s1. The van der Waals surface area contributed by atoms with Gasteiger partial charge in [0.05, 0.1) is 46.1 Å². The minimum absolute atomic E-state index is 0.164. The number of methoxy groups -OCH3 is 1. The Balaban J connectivity index is 1.60. The monoisotopic (exact) mass is 551 g/mol. The number of carbonyl (C=O) groups is 1. The molecule has 1 aromatic carbocycles. The van der Waals surface area contributed by atoms with Gasteiger partial charge in [-0.1, -0.05) is 17.4 Å². The second-order valence-corrected chi connectivity index (χ2v) is 10.1. The molecule has 0 aliphatic carbocycles. The molecular weight excluding hydrogens is 530 g/mol. The van der Waals surface area contributed by atoms with E-state index < -0.39 is 16.9 Å². The van der Waals surface area contributed by atoms with Gasteiger partial charge in [0.2, 0.25) is 0 Å². The first-order valence-corrected chi connectivity index (χ1v) is 13.2. The molecule has 0 fully saturated rings. The van der Waals surface area contributed by atoms with E-state index in [4.69, 9.17) is 13.9 Å². The number of nitrogens with zero attached hydrogens (tertiary/aromatic N) is 3. The molecule has 1 aliphatic rings. The summed E-state index contributed by atoms with van der Waals surface area (Å²) in [5, 5.41) is 13.5. The highest BCUT2D eigenvalue weighted by atomic mass is 32.1. The number of nitro groups is 1. The highest BCUT2D eigenvalue weighted by Crippen LogP contribution is 2.35. The number of aromatic nitrogens is 1. The number of carbonyl (C=O) groups excluding carboxylic acids is 1. The number of esters is 1. The van der Waals surface area contributed by atoms with Crippen LogP contribution in [0.25, 0.3) is 17.4 Å². The summed E-state index contributed by atoms with van der Waals surface area (Å²) >= 11 is 2.60. The van der Waals surface area contributed by atoms with E-state index in [9.17, 15) is 19.7 Å². The third kappa shape index (κ3) is 4.48. The van der Waals surface area contributed by atoms with Gasteiger partial charge in [-0.25, -0.2) is 9.79 Å². The third-order valence-electron chi connectivity index (χ3n) is 5.90. The van der Waals surface area contributed by atoms with E-state index in [1.54, 1.807) is 44.2 Å². The van der Waals surface area contributed by atoms with Crippen molar-refractivity contribution in [2.45, 2.75) is 19.9 Å². The summed E-state index contributed by atoms with van der Waals surface area (Å²) in [4.78, 5) is 43.4. The van der Waals surface area contributed by atoms with Crippen molar-refractivity contribution in [3.63, 3.8) is 0 Å². The predicted octanol–water partition coefficient (Wildman–Crippen LogP) is 4.04. The number of fused-ring (bicyclic) bond motifs is 1. The fraction of sp³-hybridized carbons (Fsp3) is 0.192. The highest BCUT2D eigenvalue weighted by molar-refractivity contribution is 7.10.